The molecule has 0 aliphatic rings. The van der Waals surface area contributed by atoms with Gasteiger partial charge in [0.1, 0.15) is 0 Å². The number of amides is 3. The van der Waals surface area contributed by atoms with E-state index in [1.54, 1.807) is 48.5 Å². The van der Waals surface area contributed by atoms with Crippen LogP contribution in [0.5, 0.6) is 0 Å². The van der Waals surface area contributed by atoms with Gasteiger partial charge in [-0.05, 0) is 60.7 Å². The minimum absolute atomic E-state index is 0.182. The van der Waals surface area contributed by atoms with Crippen molar-refractivity contribution in [2.24, 2.45) is 0 Å². The number of anilines is 1. The first-order valence-corrected chi connectivity index (χ1v) is 8.22. The quantitative estimate of drug-likeness (QED) is 0.602. The van der Waals surface area contributed by atoms with Crippen LogP contribution in [0.4, 0.5) is 5.69 Å². The van der Waals surface area contributed by atoms with Gasteiger partial charge < -0.3 is 9.73 Å². The number of carbonyl (C=O) groups excluding carboxylic acids is 3. The minimum Gasteiger partial charge on any atom is -0.459 e. The molecule has 3 amide bonds. The van der Waals surface area contributed by atoms with Crippen LogP contribution >= 0.6 is 11.6 Å². The SMILES string of the molecule is O=C(NNC(=O)c1ccc(NC(=O)c2ccco2)cc1)c1ccc(Cl)cc1. The Hall–Kier alpha value is -3.58. The number of hydrogen-bond donors (Lipinski definition) is 3. The van der Waals surface area contributed by atoms with Crippen LogP contribution in [0.3, 0.4) is 0 Å². The maximum atomic E-state index is 12.1. The van der Waals surface area contributed by atoms with Crippen LogP contribution in [0.1, 0.15) is 31.3 Å². The van der Waals surface area contributed by atoms with Gasteiger partial charge in [-0.1, -0.05) is 11.6 Å². The Bertz CT molecular complexity index is 952. The molecule has 3 N–H and O–H groups in total. The number of furan rings is 1. The largest absolute Gasteiger partial charge is 0.459 e. The first kappa shape index (κ1) is 18.2. The maximum Gasteiger partial charge on any atom is 0.291 e. The van der Waals surface area contributed by atoms with E-state index in [1.165, 1.54) is 18.4 Å². The third-order valence-corrected chi connectivity index (χ3v) is 3.80. The lowest BCUT2D eigenvalue weighted by molar-refractivity contribution is 0.0846. The van der Waals surface area contributed by atoms with Crippen molar-refractivity contribution in [3.05, 3.63) is 88.8 Å². The maximum absolute atomic E-state index is 12.1. The molecule has 136 valence electrons. The fourth-order valence-electron chi connectivity index (χ4n) is 2.16. The summed E-state index contributed by atoms with van der Waals surface area (Å²) in [6.45, 7) is 0. The summed E-state index contributed by atoms with van der Waals surface area (Å²) in [6.07, 6.45) is 1.40. The molecule has 0 saturated heterocycles. The van der Waals surface area contributed by atoms with Gasteiger partial charge in [0.25, 0.3) is 17.7 Å². The van der Waals surface area contributed by atoms with Crippen molar-refractivity contribution in [2.45, 2.75) is 0 Å². The Labute approximate surface area is 159 Å². The van der Waals surface area contributed by atoms with Gasteiger partial charge in [-0.25, -0.2) is 0 Å². The molecule has 0 fully saturated rings. The Balaban J connectivity index is 1.55. The summed E-state index contributed by atoms with van der Waals surface area (Å²) in [6, 6.07) is 15.6. The molecule has 3 aromatic rings. The average molecular weight is 384 g/mol. The number of hydrazine groups is 1. The van der Waals surface area contributed by atoms with Crippen LogP contribution in [-0.2, 0) is 0 Å². The molecule has 1 aromatic heterocycles. The van der Waals surface area contributed by atoms with Crippen LogP contribution in [0, 0.1) is 0 Å². The lowest BCUT2D eigenvalue weighted by Crippen LogP contribution is -2.41. The second kappa shape index (κ2) is 8.20. The monoisotopic (exact) mass is 383 g/mol. The summed E-state index contributed by atoms with van der Waals surface area (Å²) < 4.78 is 5.00. The summed E-state index contributed by atoms with van der Waals surface area (Å²) in [7, 11) is 0. The molecule has 3 rings (SSSR count). The molecule has 0 aliphatic heterocycles. The van der Waals surface area contributed by atoms with E-state index in [-0.39, 0.29) is 5.76 Å². The van der Waals surface area contributed by atoms with E-state index in [9.17, 15) is 14.4 Å². The first-order chi connectivity index (χ1) is 13.0. The van der Waals surface area contributed by atoms with Crippen LogP contribution in [0.2, 0.25) is 5.02 Å². The fourth-order valence-corrected chi connectivity index (χ4v) is 2.29. The highest BCUT2D eigenvalue weighted by molar-refractivity contribution is 6.30. The summed E-state index contributed by atoms with van der Waals surface area (Å²) in [4.78, 5) is 35.9. The van der Waals surface area contributed by atoms with Gasteiger partial charge in [-0.15, -0.1) is 0 Å². The van der Waals surface area contributed by atoms with Crippen molar-refractivity contribution in [3.63, 3.8) is 0 Å². The number of hydrogen-bond acceptors (Lipinski definition) is 4. The van der Waals surface area contributed by atoms with Crippen molar-refractivity contribution in [2.75, 3.05) is 5.32 Å². The smallest absolute Gasteiger partial charge is 0.291 e. The van der Waals surface area contributed by atoms with Gasteiger partial charge in [0.15, 0.2) is 5.76 Å². The van der Waals surface area contributed by atoms with Gasteiger partial charge in [0.05, 0.1) is 6.26 Å². The normalized spacial score (nSPS) is 10.1. The predicted octanol–water partition coefficient (Wildman–Crippen LogP) is 3.26. The zero-order valence-corrected chi connectivity index (χ0v) is 14.6. The van der Waals surface area contributed by atoms with Gasteiger partial charge in [-0.3, -0.25) is 25.2 Å². The van der Waals surface area contributed by atoms with Gasteiger partial charge in [0.2, 0.25) is 0 Å². The highest BCUT2D eigenvalue weighted by Gasteiger charge is 2.11. The average Bonchev–Trinajstić information content (AvgIpc) is 3.22. The molecule has 0 radical (unpaired) electrons. The third-order valence-electron chi connectivity index (χ3n) is 3.55. The van der Waals surface area contributed by atoms with E-state index in [0.717, 1.165) is 0 Å². The van der Waals surface area contributed by atoms with E-state index in [2.05, 4.69) is 16.2 Å². The molecule has 1 heterocycles. The minimum atomic E-state index is -0.499. The van der Waals surface area contributed by atoms with Crippen molar-refractivity contribution in [1.29, 1.82) is 0 Å². The van der Waals surface area contributed by atoms with Crippen LogP contribution in [0.25, 0.3) is 0 Å². The topological polar surface area (TPSA) is 100 Å². The molecule has 2 aromatic carbocycles. The number of halogens is 1. The summed E-state index contributed by atoms with van der Waals surface area (Å²) in [5.41, 5.74) is 5.80. The van der Waals surface area contributed by atoms with E-state index < -0.39 is 17.7 Å². The Morgan fingerprint density at radius 3 is 1.81 bits per heavy atom. The lowest BCUT2D eigenvalue weighted by Gasteiger charge is -2.08. The van der Waals surface area contributed by atoms with E-state index in [4.69, 9.17) is 16.0 Å². The van der Waals surface area contributed by atoms with Crippen molar-refractivity contribution >= 4 is 35.0 Å². The number of benzene rings is 2. The number of rotatable bonds is 4. The standard InChI is InChI=1S/C19H14ClN3O4/c20-14-7-3-12(4-8-14)17(24)22-23-18(25)13-5-9-15(10-6-13)21-19(26)16-2-1-11-27-16/h1-11H,(H,21,26)(H,22,24)(H,23,25). The van der Waals surface area contributed by atoms with Crippen LogP contribution < -0.4 is 16.2 Å². The molecule has 0 unspecified atom stereocenters. The first-order valence-electron chi connectivity index (χ1n) is 7.84. The van der Waals surface area contributed by atoms with Crippen molar-refractivity contribution < 1.29 is 18.8 Å². The van der Waals surface area contributed by atoms with Crippen LogP contribution in [0.15, 0.2) is 71.3 Å². The highest BCUT2D eigenvalue weighted by Crippen LogP contribution is 2.12. The molecular formula is C19H14ClN3O4. The predicted molar refractivity (Wildman–Crippen MR) is 99.5 cm³/mol. The Kier molecular flexibility index (Phi) is 5.53. The molecule has 0 saturated carbocycles. The van der Waals surface area contributed by atoms with E-state index in [0.29, 0.717) is 21.8 Å². The molecule has 27 heavy (non-hydrogen) atoms. The van der Waals surface area contributed by atoms with E-state index in [1.807, 2.05) is 0 Å². The summed E-state index contributed by atoms with van der Waals surface area (Å²) >= 11 is 5.76. The van der Waals surface area contributed by atoms with Gasteiger partial charge in [-0.2, -0.15) is 0 Å². The second-order valence-electron chi connectivity index (χ2n) is 5.42. The van der Waals surface area contributed by atoms with E-state index >= 15 is 0 Å². The molecule has 0 bridgehead atoms. The zero-order chi connectivity index (χ0) is 19.2. The highest BCUT2D eigenvalue weighted by atomic mass is 35.5. The Morgan fingerprint density at radius 2 is 1.30 bits per heavy atom. The molecule has 8 heteroatoms. The zero-order valence-electron chi connectivity index (χ0n) is 13.9. The molecule has 0 aliphatic carbocycles. The van der Waals surface area contributed by atoms with Gasteiger partial charge in [0, 0.05) is 21.8 Å². The number of nitrogens with one attached hydrogen (secondary N) is 3. The molecular weight excluding hydrogens is 370 g/mol. The van der Waals surface area contributed by atoms with Crippen molar-refractivity contribution in [1.82, 2.24) is 10.9 Å². The summed E-state index contributed by atoms with van der Waals surface area (Å²) in [5, 5.41) is 3.15. The van der Waals surface area contributed by atoms with Crippen LogP contribution in [-0.4, -0.2) is 17.7 Å². The molecule has 7 nitrogen and oxygen atoms in total. The molecule has 0 atom stereocenters. The Morgan fingerprint density at radius 1 is 0.741 bits per heavy atom. The molecule has 0 spiro atoms. The third kappa shape index (κ3) is 4.74. The fraction of sp³-hybridized carbons (Fsp3) is 0. The number of carbonyl (C=O) groups is 3. The van der Waals surface area contributed by atoms with Gasteiger partial charge >= 0.3 is 0 Å². The lowest BCUT2D eigenvalue weighted by atomic mass is 10.2. The van der Waals surface area contributed by atoms with Crippen molar-refractivity contribution in [3.8, 4) is 0 Å². The summed E-state index contributed by atoms with van der Waals surface area (Å²) in [5.74, 6) is -1.18. The second-order valence-corrected chi connectivity index (χ2v) is 5.86.